The van der Waals surface area contributed by atoms with Gasteiger partial charge in [-0.2, -0.15) is 0 Å². The molecule has 0 aliphatic carbocycles. The van der Waals surface area contributed by atoms with Crippen LogP contribution in [0.3, 0.4) is 0 Å². The van der Waals surface area contributed by atoms with E-state index in [0.717, 1.165) is 10.6 Å². The number of carbonyl (C=O) groups excluding carboxylic acids is 2. The van der Waals surface area contributed by atoms with Gasteiger partial charge in [-0.1, -0.05) is 29.8 Å². The second kappa shape index (κ2) is 10.4. The third-order valence-electron chi connectivity index (χ3n) is 4.23. The lowest BCUT2D eigenvalue weighted by Crippen LogP contribution is -2.38. The van der Waals surface area contributed by atoms with Crippen molar-refractivity contribution in [3.8, 4) is 0 Å². The van der Waals surface area contributed by atoms with Gasteiger partial charge in [0, 0.05) is 18.7 Å². The molecule has 0 fully saturated rings. The highest BCUT2D eigenvalue weighted by molar-refractivity contribution is 7.92. The van der Waals surface area contributed by atoms with Crippen LogP contribution in [0.2, 0.25) is 5.02 Å². The number of ether oxygens (including phenoxy) is 1. The molecule has 10 heteroatoms. The maximum absolute atomic E-state index is 12.7. The van der Waals surface area contributed by atoms with Crippen molar-refractivity contribution in [2.24, 2.45) is 0 Å². The number of carbonyl (C=O) groups is 2. The highest BCUT2D eigenvalue weighted by Gasteiger charge is 2.24. The van der Waals surface area contributed by atoms with Crippen LogP contribution in [0.1, 0.15) is 15.9 Å². The number of anilines is 2. The zero-order chi connectivity index (χ0) is 22.3. The van der Waals surface area contributed by atoms with Crippen molar-refractivity contribution >= 4 is 44.8 Å². The average molecular weight is 454 g/mol. The van der Waals surface area contributed by atoms with E-state index >= 15 is 0 Å². The van der Waals surface area contributed by atoms with Gasteiger partial charge in [-0.25, -0.2) is 8.42 Å². The summed E-state index contributed by atoms with van der Waals surface area (Å²) in [6, 6.07) is 11.3. The fourth-order valence-electron chi connectivity index (χ4n) is 2.72. The molecule has 0 bridgehead atoms. The Bertz CT molecular complexity index is 1030. The molecule has 2 aromatic rings. The summed E-state index contributed by atoms with van der Waals surface area (Å²) in [4.78, 5) is 25.0. The summed E-state index contributed by atoms with van der Waals surface area (Å²) in [7, 11) is -2.24. The Morgan fingerprint density at radius 3 is 2.50 bits per heavy atom. The van der Waals surface area contributed by atoms with Crippen LogP contribution in [-0.4, -0.2) is 53.3 Å². The second-order valence-corrected chi connectivity index (χ2v) is 8.81. The highest BCUT2D eigenvalue weighted by atomic mass is 35.5. The van der Waals surface area contributed by atoms with Crippen LogP contribution in [0.15, 0.2) is 42.5 Å². The highest BCUT2D eigenvalue weighted by Crippen LogP contribution is 2.28. The molecule has 162 valence electrons. The fraction of sp³-hybridized carbons (Fsp3) is 0.300. The predicted octanol–water partition coefficient (Wildman–Crippen LogP) is 2.43. The molecule has 2 N–H and O–H groups in total. The first-order chi connectivity index (χ1) is 14.1. The molecule has 0 aromatic heterocycles. The number of para-hydroxylation sites is 1. The van der Waals surface area contributed by atoms with Crippen molar-refractivity contribution in [3.05, 3.63) is 58.6 Å². The molecule has 30 heavy (non-hydrogen) atoms. The van der Waals surface area contributed by atoms with Crippen LogP contribution in [-0.2, 0) is 19.6 Å². The Hall–Kier alpha value is -2.62. The fourth-order valence-corrected chi connectivity index (χ4v) is 3.80. The summed E-state index contributed by atoms with van der Waals surface area (Å²) in [6.07, 6.45) is 1.01. The SMILES string of the molecule is COCCNC(=O)c1ccccc1NC(=O)CN(c1cccc(Cl)c1C)S(C)(=O)=O. The molecule has 0 saturated heterocycles. The Kier molecular flexibility index (Phi) is 8.22. The number of amides is 2. The van der Waals surface area contributed by atoms with Gasteiger partial charge in [0.25, 0.3) is 5.91 Å². The zero-order valence-electron chi connectivity index (χ0n) is 16.9. The normalized spacial score (nSPS) is 11.1. The van der Waals surface area contributed by atoms with Crippen molar-refractivity contribution in [3.63, 3.8) is 0 Å². The van der Waals surface area contributed by atoms with E-state index in [-0.39, 0.29) is 17.2 Å². The Balaban J connectivity index is 2.23. The lowest BCUT2D eigenvalue weighted by molar-refractivity contribution is -0.114. The minimum Gasteiger partial charge on any atom is -0.383 e. The number of hydrogen-bond acceptors (Lipinski definition) is 5. The molecule has 2 amide bonds. The van der Waals surface area contributed by atoms with Crippen molar-refractivity contribution in [1.29, 1.82) is 0 Å². The van der Waals surface area contributed by atoms with Gasteiger partial charge in [0.05, 0.1) is 29.8 Å². The van der Waals surface area contributed by atoms with Gasteiger partial charge in [0.15, 0.2) is 0 Å². The van der Waals surface area contributed by atoms with E-state index in [9.17, 15) is 18.0 Å². The predicted molar refractivity (Wildman–Crippen MR) is 118 cm³/mol. The summed E-state index contributed by atoms with van der Waals surface area (Å²) >= 11 is 6.11. The van der Waals surface area contributed by atoms with E-state index in [1.54, 1.807) is 49.4 Å². The minimum absolute atomic E-state index is 0.256. The summed E-state index contributed by atoms with van der Waals surface area (Å²) in [5.41, 5.74) is 1.38. The Labute approximate surface area is 181 Å². The quantitative estimate of drug-likeness (QED) is 0.567. The Morgan fingerprint density at radius 2 is 1.83 bits per heavy atom. The van der Waals surface area contributed by atoms with E-state index < -0.39 is 22.5 Å². The van der Waals surface area contributed by atoms with E-state index in [4.69, 9.17) is 16.3 Å². The molecular formula is C20H24ClN3O5S. The van der Waals surface area contributed by atoms with Crippen molar-refractivity contribution in [2.75, 3.05) is 42.7 Å². The number of hydrogen-bond donors (Lipinski definition) is 2. The first kappa shape index (κ1) is 23.7. The van der Waals surface area contributed by atoms with Gasteiger partial charge in [-0.05, 0) is 36.8 Å². The summed E-state index contributed by atoms with van der Waals surface area (Å²) in [5, 5.41) is 5.69. The molecule has 0 heterocycles. The number of rotatable bonds is 9. The largest absolute Gasteiger partial charge is 0.383 e. The van der Waals surface area contributed by atoms with Crippen LogP contribution in [0.25, 0.3) is 0 Å². The smallest absolute Gasteiger partial charge is 0.253 e. The van der Waals surface area contributed by atoms with Crippen LogP contribution in [0, 0.1) is 6.92 Å². The lowest BCUT2D eigenvalue weighted by atomic mass is 10.1. The molecule has 2 aromatic carbocycles. The average Bonchev–Trinajstić information content (AvgIpc) is 2.68. The topological polar surface area (TPSA) is 105 Å². The third kappa shape index (κ3) is 6.19. The van der Waals surface area contributed by atoms with Crippen LogP contribution in [0.4, 0.5) is 11.4 Å². The summed E-state index contributed by atoms with van der Waals surface area (Å²) < 4.78 is 30.5. The van der Waals surface area contributed by atoms with Gasteiger partial charge < -0.3 is 15.4 Å². The molecule has 0 unspecified atom stereocenters. The van der Waals surface area contributed by atoms with E-state index in [1.807, 2.05) is 0 Å². The van der Waals surface area contributed by atoms with Crippen LogP contribution in [0.5, 0.6) is 0 Å². The van der Waals surface area contributed by atoms with Gasteiger partial charge in [-0.15, -0.1) is 0 Å². The Morgan fingerprint density at radius 1 is 1.13 bits per heavy atom. The lowest BCUT2D eigenvalue weighted by Gasteiger charge is -2.24. The standard InChI is InChI=1S/C20H24ClN3O5S/c1-14-16(21)8-6-10-18(14)24(30(3,27)28)13-19(25)23-17-9-5-4-7-15(17)20(26)22-11-12-29-2/h4-10H,11-13H2,1-3H3,(H,22,26)(H,23,25). The van der Waals surface area contributed by atoms with Gasteiger partial charge >= 0.3 is 0 Å². The molecule has 0 radical (unpaired) electrons. The second-order valence-electron chi connectivity index (χ2n) is 6.50. The van der Waals surface area contributed by atoms with E-state index in [2.05, 4.69) is 10.6 Å². The maximum Gasteiger partial charge on any atom is 0.253 e. The maximum atomic E-state index is 12.7. The minimum atomic E-state index is -3.77. The first-order valence-corrected chi connectivity index (χ1v) is 11.3. The number of methoxy groups -OCH3 is 1. The molecule has 0 aliphatic heterocycles. The number of benzene rings is 2. The number of halogens is 1. The number of sulfonamides is 1. The number of nitrogens with one attached hydrogen (secondary N) is 2. The summed E-state index contributed by atoms with van der Waals surface area (Å²) in [6.45, 7) is 1.86. The molecule has 0 aliphatic rings. The third-order valence-corrected chi connectivity index (χ3v) is 5.77. The van der Waals surface area contributed by atoms with Gasteiger partial charge in [-0.3, -0.25) is 13.9 Å². The first-order valence-electron chi connectivity index (χ1n) is 9.04. The van der Waals surface area contributed by atoms with Crippen molar-refractivity contribution in [2.45, 2.75) is 6.92 Å². The molecule has 0 saturated carbocycles. The molecule has 0 atom stereocenters. The van der Waals surface area contributed by atoms with Gasteiger partial charge in [0.1, 0.15) is 6.54 Å². The molecular weight excluding hydrogens is 430 g/mol. The molecule has 8 nitrogen and oxygen atoms in total. The molecule has 0 spiro atoms. The van der Waals surface area contributed by atoms with Crippen LogP contribution >= 0.6 is 11.6 Å². The van der Waals surface area contributed by atoms with Crippen molar-refractivity contribution in [1.82, 2.24) is 5.32 Å². The van der Waals surface area contributed by atoms with E-state index in [1.165, 1.54) is 7.11 Å². The molecule has 2 rings (SSSR count). The number of nitrogens with zero attached hydrogens (tertiary/aromatic N) is 1. The van der Waals surface area contributed by atoms with Crippen molar-refractivity contribution < 1.29 is 22.7 Å². The zero-order valence-corrected chi connectivity index (χ0v) is 18.5. The monoisotopic (exact) mass is 453 g/mol. The van der Waals surface area contributed by atoms with E-state index in [0.29, 0.717) is 29.4 Å². The summed E-state index contributed by atoms with van der Waals surface area (Å²) in [5.74, 6) is -0.981. The van der Waals surface area contributed by atoms with Crippen LogP contribution < -0.4 is 14.9 Å². The van der Waals surface area contributed by atoms with Gasteiger partial charge in [0.2, 0.25) is 15.9 Å².